The molecule has 1 aromatic heterocycles. The van der Waals surface area contributed by atoms with Crippen LogP contribution < -0.4 is 11.3 Å². The highest BCUT2D eigenvalue weighted by Crippen LogP contribution is 2.32. The molecule has 17 heavy (non-hydrogen) atoms. The average Bonchev–Trinajstić information content (AvgIpc) is 2.72. The molecule has 96 valence electrons. The van der Waals surface area contributed by atoms with Gasteiger partial charge >= 0.3 is 0 Å². The molecule has 0 spiro atoms. The van der Waals surface area contributed by atoms with Crippen LogP contribution in [-0.2, 0) is 6.42 Å². The summed E-state index contributed by atoms with van der Waals surface area (Å²) in [5.74, 6) is 7.35. The van der Waals surface area contributed by atoms with E-state index in [0.29, 0.717) is 6.04 Å². The van der Waals surface area contributed by atoms with Gasteiger partial charge in [0.1, 0.15) is 0 Å². The Balaban J connectivity index is 1.95. The van der Waals surface area contributed by atoms with E-state index in [1.807, 2.05) is 11.3 Å². The molecule has 1 saturated carbocycles. The van der Waals surface area contributed by atoms with Gasteiger partial charge < -0.3 is 0 Å². The van der Waals surface area contributed by atoms with E-state index in [4.69, 9.17) is 5.84 Å². The van der Waals surface area contributed by atoms with Crippen LogP contribution in [0.2, 0.25) is 0 Å². The van der Waals surface area contributed by atoms with E-state index in [9.17, 15) is 0 Å². The van der Waals surface area contributed by atoms with Crippen molar-refractivity contribution in [1.29, 1.82) is 0 Å². The number of rotatable bonds is 4. The fourth-order valence-electron chi connectivity index (χ4n) is 2.89. The third kappa shape index (κ3) is 3.78. The monoisotopic (exact) mass is 316 g/mol. The van der Waals surface area contributed by atoms with Crippen molar-refractivity contribution in [3.8, 4) is 0 Å². The third-order valence-electron chi connectivity index (χ3n) is 3.80. The second-order valence-electron chi connectivity index (χ2n) is 5.24. The smallest absolute Gasteiger partial charge is 0.0287 e. The molecule has 0 aromatic carbocycles. The fraction of sp³-hybridized carbons (Fsp3) is 0.692. The van der Waals surface area contributed by atoms with Crippen molar-refractivity contribution < 1.29 is 0 Å². The van der Waals surface area contributed by atoms with Gasteiger partial charge in [-0.3, -0.25) is 11.3 Å². The Hall–Kier alpha value is 0.1000. The van der Waals surface area contributed by atoms with Gasteiger partial charge in [-0.15, -0.1) is 11.3 Å². The van der Waals surface area contributed by atoms with Crippen molar-refractivity contribution in [3.05, 3.63) is 20.8 Å². The molecule has 0 amide bonds. The van der Waals surface area contributed by atoms with Crippen LogP contribution in [-0.4, -0.2) is 6.04 Å². The Kier molecular flexibility index (Phi) is 5.03. The SMILES string of the molecule is CC1CCCC(C(Cc2cc(Br)cs2)NN)C1. The van der Waals surface area contributed by atoms with Gasteiger partial charge in [0.2, 0.25) is 0 Å². The molecule has 1 fully saturated rings. The maximum Gasteiger partial charge on any atom is 0.0287 e. The molecular weight excluding hydrogens is 296 g/mol. The zero-order chi connectivity index (χ0) is 12.3. The number of hydrazine groups is 1. The van der Waals surface area contributed by atoms with E-state index < -0.39 is 0 Å². The second kappa shape index (κ2) is 6.32. The van der Waals surface area contributed by atoms with Gasteiger partial charge in [-0.1, -0.05) is 19.8 Å². The van der Waals surface area contributed by atoms with Crippen LogP contribution in [0.3, 0.4) is 0 Å². The molecule has 0 bridgehead atoms. The minimum absolute atomic E-state index is 0.434. The summed E-state index contributed by atoms with van der Waals surface area (Å²) in [6, 6.07) is 2.64. The van der Waals surface area contributed by atoms with Gasteiger partial charge in [-0.25, -0.2) is 0 Å². The normalized spacial score (nSPS) is 27.0. The first kappa shape index (κ1) is 13.5. The number of nitrogens with two attached hydrogens (primary N) is 1. The number of halogens is 1. The van der Waals surface area contributed by atoms with Crippen molar-refractivity contribution in [2.45, 2.75) is 45.1 Å². The molecule has 0 saturated heterocycles. The highest BCUT2D eigenvalue weighted by molar-refractivity contribution is 9.10. The van der Waals surface area contributed by atoms with Gasteiger partial charge in [0.05, 0.1) is 0 Å². The average molecular weight is 317 g/mol. The van der Waals surface area contributed by atoms with Crippen LogP contribution >= 0.6 is 27.3 Å². The molecule has 2 rings (SSSR count). The topological polar surface area (TPSA) is 38.0 Å². The third-order valence-corrected chi connectivity index (χ3v) is 5.52. The molecule has 1 aromatic rings. The molecule has 3 atom stereocenters. The largest absolute Gasteiger partial charge is 0.271 e. The molecule has 0 radical (unpaired) electrons. The van der Waals surface area contributed by atoms with Crippen molar-refractivity contribution in [2.24, 2.45) is 17.7 Å². The zero-order valence-corrected chi connectivity index (χ0v) is 12.7. The lowest BCUT2D eigenvalue weighted by atomic mass is 9.78. The first-order valence-corrected chi connectivity index (χ1v) is 8.05. The molecule has 3 unspecified atom stereocenters. The Morgan fingerprint density at radius 3 is 3.00 bits per heavy atom. The van der Waals surface area contributed by atoms with E-state index in [-0.39, 0.29) is 0 Å². The Morgan fingerprint density at radius 2 is 2.41 bits per heavy atom. The Labute approximate surface area is 116 Å². The van der Waals surface area contributed by atoms with Gasteiger partial charge in [-0.2, -0.15) is 0 Å². The summed E-state index contributed by atoms with van der Waals surface area (Å²) in [6.07, 6.45) is 6.45. The minimum atomic E-state index is 0.434. The maximum atomic E-state index is 5.75. The number of nitrogens with one attached hydrogen (secondary N) is 1. The quantitative estimate of drug-likeness (QED) is 0.656. The molecule has 4 heteroatoms. The van der Waals surface area contributed by atoms with Crippen molar-refractivity contribution in [2.75, 3.05) is 0 Å². The fourth-order valence-corrected chi connectivity index (χ4v) is 4.40. The number of hydrogen-bond donors (Lipinski definition) is 2. The standard InChI is InChI=1S/C13H21BrN2S/c1-9-3-2-4-10(5-9)13(16-15)7-12-6-11(14)8-17-12/h6,8-10,13,16H,2-5,7,15H2,1H3. The van der Waals surface area contributed by atoms with Gasteiger partial charge in [0.25, 0.3) is 0 Å². The summed E-state index contributed by atoms with van der Waals surface area (Å²) in [5.41, 5.74) is 3.04. The summed E-state index contributed by atoms with van der Waals surface area (Å²) < 4.78 is 1.19. The molecular formula is C13H21BrN2S. The summed E-state index contributed by atoms with van der Waals surface area (Å²) in [4.78, 5) is 1.41. The van der Waals surface area contributed by atoms with E-state index in [0.717, 1.165) is 18.3 Å². The van der Waals surface area contributed by atoms with E-state index in [1.165, 1.54) is 35.0 Å². The minimum Gasteiger partial charge on any atom is -0.271 e. The van der Waals surface area contributed by atoms with Crippen LogP contribution in [0, 0.1) is 11.8 Å². The van der Waals surface area contributed by atoms with Crippen LogP contribution in [0.25, 0.3) is 0 Å². The van der Waals surface area contributed by atoms with Crippen LogP contribution in [0.4, 0.5) is 0 Å². The van der Waals surface area contributed by atoms with Crippen LogP contribution in [0.15, 0.2) is 15.9 Å². The number of hydrogen-bond acceptors (Lipinski definition) is 3. The summed E-state index contributed by atoms with van der Waals surface area (Å²) in [6.45, 7) is 2.36. The maximum absolute atomic E-state index is 5.75. The van der Waals surface area contributed by atoms with E-state index >= 15 is 0 Å². The Bertz CT molecular complexity index is 353. The highest BCUT2D eigenvalue weighted by atomic mass is 79.9. The van der Waals surface area contributed by atoms with E-state index in [1.54, 1.807) is 0 Å². The predicted octanol–water partition coefficient (Wildman–Crippen LogP) is 3.71. The molecule has 1 heterocycles. The lowest BCUT2D eigenvalue weighted by molar-refractivity contribution is 0.222. The van der Waals surface area contributed by atoms with Crippen molar-refractivity contribution >= 4 is 27.3 Å². The van der Waals surface area contributed by atoms with Crippen LogP contribution in [0.1, 0.15) is 37.5 Å². The molecule has 1 aliphatic rings. The first-order chi connectivity index (χ1) is 8.19. The van der Waals surface area contributed by atoms with Gasteiger partial charge in [-0.05, 0) is 53.1 Å². The molecule has 2 nitrogen and oxygen atoms in total. The molecule has 3 N–H and O–H groups in total. The summed E-state index contributed by atoms with van der Waals surface area (Å²) in [7, 11) is 0. The van der Waals surface area contributed by atoms with E-state index in [2.05, 4.69) is 39.7 Å². The zero-order valence-electron chi connectivity index (χ0n) is 10.3. The predicted molar refractivity (Wildman–Crippen MR) is 78.0 cm³/mol. The van der Waals surface area contributed by atoms with Crippen LogP contribution in [0.5, 0.6) is 0 Å². The molecule has 1 aliphatic carbocycles. The molecule has 0 aliphatic heterocycles. The first-order valence-electron chi connectivity index (χ1n) is 6.38. The van der Waals surface area contributed by atoms with Crippen molar-refractivity contribution in [3.63, 3.8) is 0 Å². The summed E-state index contributed by atoms with van der Waals surface area (Å²) in [5, 5.41) is 2.15. The van der Waals surface area contributed by atoms with Gasteiger partial charge in [0.15, 0.2) is 0 Å². The Morgan fingerprint density at radius 1 is 1.59 bits per heavy atom. The lowest BCUT2D eigenvalue weighted by Crippen LogP contribution is -2.43. The van der Waals surface area contributed by atoms with Gasteiger partial charge in [0, 0.05) is 20.8 Å². The highest BCUT2D eigenvalue weighted by Gasteiger charge is 2.26. The lowest BCUT2D eigenvalue weighted by Gasteiger charge is -2.32. The second-order valence-corrected chi connectivity index (χ2v) is 7.15. The van der Waals surface area contributed by atoms with Crippen molar-refractivity contribution in [1.82, 2.24) is 5.43 Å². The number of thiophene rings is 1. The summed E-state index contributed by atoms with van der Waals surface area (Å²) >= 11 is 5.32.